The van der Waals surface area contributed by atoms with E-state index in [0.29, 0.717) is 12.4 Å². The van der Waals surface area contributed by atoms with Crippen LogP contribution >= 0.6 is 0 Å². The van der Waals surface area contributed by atoms with Crippen LogP contribution in [0.4, 0.5) is 0 Å². The highest BCUT2D eigenvalue weighted by Crippen LogP contribution is 2.31. The summed E-state index contributed by atoms with van der Waals surface area (Å²) in [6, 6.07) is 5.74. The van der Waals surface area contributed by atoms with Crippen LogP contribution < -0.4 is 4.74 Å². The second-order valence-electron chi connectivity index (χ2n) is 6.14. The molecule has 1 aliphatic rings. The van der Waals surface area contributed by atoms with Gasteiger partial charge in [-0.25, -0.2) is 0 Å². The minimum atomic E-state index is 0.172. The summed E-state index contributed by atoms with van der Waals surface area (Å²) in [7, 11) is 2.17. The molecule has 0 bridgehead atoms. The molecule has 1 aliphatic heterocycles. The first-order chi connectivity index (χ1) is 9.44. The smallest absolute Gasteiger partial charge is 0.162 e. The SMILES string of the molecule is CCOc1cccc(CN2CCN(C)C(C)(C)C2)c1O. The van der Waals surface area contributed by atoms with Crippen molar-refractivity contribution in [1.82, 2.24) is 9.80 Å². The number of phenols is 1. The van der Waals surface area contributed by atoms with E-state index in [1.165, 1.54) is 0 Å². The van der Waals surface area contributed by atoms with Gasteiger partial charge >= 0.3 is 0 Å². The first-order valence-corrected chi connectivity index (χ1v) is 7.31. The summed E-state index contributed by atoms with van der Waals surface area (Å²) >= 11 is 0. The number of para-hydroxylation sites is 1. The summed E-state index contributed by atoms with van der Waals surface area (Å²) in [4.78, 5) is 4.78. The first-order valence-electron chi connectivity index (χ1n) is 7.31. The Bertz CT molecular complexity index is 460. The minimum Gasteiger partial charge on any atom is -0.504 e. The van der Waals surface area contributed by atoms with Crippen LogP contribution in [0.15, 0.2) is 18.2 Å². The zero-order valence-corrected chi connectivity index (χ0v) is 13.0. The maximum atomic E-state index is 10.3. The first kappa shape index (κ1) is 15.1. The number of aromatic hydroxyl groups is 1. The van der Waals surface area contributed by atoms with E-state index in [-0.39, 0.29) is 11.3 Å². The molecule has 0 saturated carbocycles. The molecule has 1 aromatic rings. The summed E-state index contributed by atoms with van der Waals surface area (Å²) < 4.78 is 5.45. The second kappa shape index (κ2) is 6.02. The molecule has 0 aromatic heterocycles. The highest BCUT2D eigenvalue weighted by molar-refractivity contribution is 5.45. The van der Waals surface area contributed by atoms with Crippen molar-refractivity contribution in [3.63, 3.8) is 0 Å². The molecule has 0 unspecified atom stereocenters. The molecule has 0 atom stereocenters. The molecule has 1 N–H and O–H groups in total. The molecule has 0 aliphatic carbocycles. The highest BCUT2D eigenvalue weighted by atomic mass is 16.5. The van der Waals surface area contributed by atoms with Crippen molar-refractivity contribution in [2.24, 2.45) is 0 Å². The van der Waals surface area contributed by atoms with Crippen LogP contribution in [0, 0.1) is 0 Å². The van der Waals surface area contributed by atoms with Gasteiger partial charge in [0.15, 0.2) is 11.5 Å². The number of piperazine rings is 1. The van der Waals surface area contributed by atoms with Gasteiger partial charge in [0.05, 0.1) is 6.61 Å². The third-order valence-corrected chi connectivity index (χ3v) is 4.17. The van der Waals surface area contributed by atoms with Gasteiger partial charge in [0.25, 0.3) is 0 Å². The Morgan fingerprint density at radius 3 is 2.70 bits per heavy atom. The molecule has 1 heterocycles. The van der Waals surface area contributed by atoms with E-state index in [0.717, 1.165) is 31.7 Å². The summed E-state index contributed by atoms with van der Waals surface area (Å²) in [5.41, 5.74) is 1.11. The van der Waals surface area contributed by atoms with E-state index in [1.54, 1.807) is 0 Å². The lowest BCUT2D eigenvalue weighted by atomic mass is 9.99. The third kappa shape index (κ3) is 3.25. The predicted molar refractivity (Wildman–Crippen MR) is 81.3 cm³/mol. The van der Waals surface area contributed by atoms with Gasteiger partial charge in [-0.1, -0.05) is 12.1 Å². The molecule has 2 rings (SSSR count). The monoisotopic (exact) mass is 278 g/mol. The van der Waals surface area contributed by atoms with Gasteiger partial charge in [-0.05, 0) is 33.9 Å². The molecule has 20 heavy (non-hydrogen) atoms. The van der Waals surface area contributed by atoms with Crippen molar-refractivity contribution in [3.05, 3.63) is 23.8 Å². The number of phenolic OH excluding ortho intramolecular Hbond substituents is 1. The Hall–Kier alpha value is -1.26. The number of benzene rings is 1. The van der Waals surface area contributed by atoms with E-state index >= 15 is 0 Å². The fraction of sp³-hybridized carbons (Fsp3) is 0.625. The van der Waals surface area contributed by atoms with Crippen LogP contribution in [0.2, 0.25) is 0 Å². The average molecular weight is 278 g/mol. The number of nitrogens with zero attached hydrogens (tertiary/aromatic N) is 2. The van der Waals surface area contributed by atoms with Crippen molar-refractivity contribution in [2.75, 3.05) is 33.3 Å². The summed E-state index contributed by atoms with van der Waals surface area (Å²) in [5, 5.41) is 10.3. The quantitative estimate of drug-likeness (QED) is 0.917. The van der Waals surface area contributed by atoms with Crippen LogP contribution in [-0.2, 0) is 6.54 Å². The fourth-order valence-corrected chi connectivity index (χ4v) is 2.68. The van der Waals surface area contributed by atoms with E-state index in [1.807, 2.05) is 25.1 Å². The molecular formula is C16H26N2O2. The number of hydrogen-bond donors (Lipinski definition) is 1. The molecule has 0 amide bonds. The highest BCUT2D eigenvalue weighted by Gasteiger charge is 2.31. The van der Waals surface area contributed by atoms with E-state index in [4.69, 9.17) is 4.74 Å². The van der Waals surface area contributed by atoms with Gasteiger partial charge in [-0.3, -0.25) is 9.80 Å². The molecule has 1 aromatic carbocycles. The van der Waals surface area contributed by atoms with E-state index in [9.17, 15) is 5.11 Å². The Labute approximate surface area is 122 Å². The zero-order chi connectivity index (χ0) is 14.8. The fourth-order valence-electron chi connectivity index (χ4n) is 2.68. The van der Waals surface area contributed by atoms with Crippen molar-refractivity contribution < 1.29 is 9.84 Å². The van der Waals surface area contributed by atoms with Crippen LogP contribution in [0.25, 0.3) is 0 Å². The zero-order valence-electron chi connectivity index (χ0n) is 13.0. The Balaban J connectivity index is 2.09. The number of hydrogen-bond acceptors (Lipinski definition) is 4. The molecule has 0 spiro atoms. The molecule has 112 valence electrons. The minimum absolute atomic E-state index is 0.172. The van der Waals surface area contributed by atoms with Gasteiger partial charge in [-0.2, -0.15) is 0 Å². The van der Waals surface area contributed by atoms with Gasteiger partial charge in [0.2, 0.25) is 0 Å². The van der Waals surface area contributed by atoms with Crippen molar-refractivity contribution in [2.45, 2.75) is 32.9 Å². The number of likely N-dealkylation sites (N-methyl/N-ethyl adjacent to an activating group) is 1. The molecule has 4 nitrogen and oxygen atoms in total. The molecular weight excluding hydrogens is 252 g/mol. The number of rotatable bonds is 4. The topological polar surface area (TPSA) is 35.9 Å². The lowest BCUT2D eigenvalue weighted by molar-refractivity contribution is 0.0356. The van der Waals surface area contributed by atoms with E-state index < -0.39 is 0 Å². The Morgan fingerprint density at radius 2 is 2.05 bits per heavy atom. The van der Waals surface area contributed by atoms with Crippen molar-refractivity contribution in [1.29, 1.82) is 0 Å². The van der Waals surface area contributed by atoms with Crippen LogP contribution in [0.3, 0.4) is 0 Å². The Kier molecular flexibility index (Phi) is 4.55. The molecule has 0 radical (unpaired) electrons. The van der Waals surface area contributed by atoms with Crippen LogP contribution in [0.1, 0.15) is 26.3 Å². The lowest BCUT2D eigenvalue weighted by Gasteiger charge is -2.45. The van der Waals surface area contributed by atoms with Crippen LogP contribution in [0.5, 0.6) is 11.5 Å². The molecule has 4 heteroatoms. The summed E-state index contributed by atoms with van der Waals surface area (Å²) in [5.74, 6) is 0.865. The van der Waals surface area contributed by atoms with Gasteiger partial charge in [-0.15, -0.1) is 0 Å². The lowest BCUT2D eigenvalue weighted by Crippen LogP contribution is -2.57. The average Bonchev–Trinajstić information content (AvgIpc) is 2.38. The van der Waals surface area contributed by atoms with Gasteiger partial charge in [0.1, 0.15) is 0 Å². The van der Waals surface area contributed by atoms with Gasteiger partial charge < -0.3 is 9.84 Å². The summed E-state index contributed by atoms with van der Waals surface area (Å²) in [6.07, 6.45) is 0. The largest absolute Gasteiger partial charge is 0.504 e. The number of ether oxygens (including phenoxy) is 1. The van der Waals surface area contributed by atoms with E-state index in [2.05, 4.69) is 30.7 Å². The van der Waals surface area contributed by atoms with Crippen LogP contribution in [-0.4, -0.2) is 53.7 Å². The van der Waals surface area contributed by atoms with Crippen molar-refractivity contribution in [3.8, 4) is 11.5 Å². The standard InChI is InChI=1S/C16H26N2O2/c1-5-20-14-8-6-7-13(15(14)19)11-18-10-9-17(4)16(2,3)12-18/h6-8,19H,5,9-12H2,1-4H3. The normalized spacial score (nSPS) is 20.0. The van der Waals surface area contributed by atoms with Crippen molar-refractivity contribution >= 4 is 0 Å². The Morgan fingerprint density at radius 1 is 1.30 bits per heavy atom. The maximum absolute atomic E-state index is 10.3. The third-order valence-electron chi connectivity index (χ3n) is 4.17. The maximum Gasteiger partial charge on any atom is 0.162 e. The molecule has 1 fully saturated rings. The van der Waals surface area contributed by atoms with Gasteiger partial charge in [0, 0.05) is 37.3 Å². The molecule has 1 saturated heterocycles. The predicted octanol–water partition coefficient (Wildman–Crippen LogP) is 2.32. The second-order valence-corrected chi connectivity index (χ2v) is 6.14. The summed E-state index contributed by atoms with van der Waals surface area (Å²) in [6.45, 7) is 10.9.